The summed E-state index contributed by atoms with van der Waals surface area (Å²) < 4.78 is 0. The Morgan fingerprint density at radius 2 is 2.08 bits per heavy atom. The van der Waals surface area contributed by atoms with E-state index < -0.39 is 0 Å². The molecule has 0 saturated heterocycles. The van der Waals surface area contributed by atoms with Crippen LogP contribution in [0.25, 0.3) is 0 Å². The van der Waals surface area contributed by atoms with Crippen LogP contribution in [-0.2, 0) is 6.42 Å². The number of rotatable bonds is 4. The molecule has 2 aliphatic rings. The largest absolute Gasteiger partial charge is 0.383 e. The van der Waals surface area contributed by atoms with Crippen LogP contribution in [0.2, 0.25) is 0 Å². The molecule has 1 saturated carbocycles. The van der Waals surface area contributed by atoms with Crippen molar-refractivity contribution in [1.82, 2.24) is 4.98 Å². The summed E-state index contributed by atoms with van der Waals surface area (Å²) in [7, 11) is 0. The van der Waals surface area contributed by atoms with Gasteiger partial charge in [0.15, 0.2) is 0 Å². The Balaban J connectivity index is 1.64. The molecule has 6 heteroatoms. The number of fused-ring (bicyclic) bond motifs is 1. The zero-order valence-electron chi connectivity index (χ0n) is 14.8. The summed E-state index contributed by atoms with van der Waals surface area (Å²) in [4.78, 5) is 21.0. The number of nitrogens with zero attached hydrogens (tertiary/aromatic N) is 1. The first kappa shape index (κ1) is 17.2. The molecule has 1 aromatic carbocycles. The van der Waals surface area contributed by atoms with E-state index >= 15 is 0 Å². The van der Waals surface area contributed by atoms with Gasteiger partial charge in [0, 0.05) is 22.9 Å². The van der Waals surface area contributed by atoms with Crippen molar-refractivity contribution < 1.29 is 0 Å². The van der Waals surface area contributed by atoms with Gasteiger partial charge in [-0.15, -0.1) is 11.8 Å². The Bertz CT molecular complexity index is 884. The van der Waals surface area contributed by atoms with Crippen molar-refractivity contribution in [3.63, 3.8) is 0 Å². The van der Waals surface area contributed by atoms with Crippen LogP contribution in [0.4, 0.5) is 11.4 Å². The van der Waals surface area contributed by atoms with Gasteiger partial charge in [0.1, 0.15) is 11.4 Å². The number of aromatic amines is 1. The van der Waals surface area contributed by atoms with E-state index in [1.54, 1.807) is 6.20 Å². The Morgan fingerprint density at radius 3 is 2.92 bits per heavy atom. The summed E-state index contributed by atoms with van der Waals surface area (Å²) in [5.74, 6) is 1.38. The van der Waals surface area contributed by atoms with Crippen LogP contribution < -0.4 is 16.6 Å². The quantitative estimate of drug-likeness (QED) is 0.566. The van der Waals surface area contributed by atoms with Gasteiger partial charge in [-0.05, 0) is 49.1 Å². The monoisotopic (exact) mass is 368 g/mol. The fourth-order valence-electron chi connectivity index (χ4n) is 3.76. The lowest BCUT2D eigenvalue weighted by molar-refractivity contribution is 0.462. The number of anilines is 1. The lowest BCUT2D eigenvalue weighted by atomic mass is 9.95. The van der Waals surface area contributed by atoms with E-state index in [0.29, 0.717) is 11.6 Å². The topological polar surface area (TPSA) is 83.3 Å². The average molecular weight is 369 g/mol. The van der Waals surface area contributed by atoms with Crippen LogP contribution in [0, 0.1) is 0 Å². The molecule has 26 heavy (non-hydrogen) atoms. The van der Waals surface area contributed by atoms with E-state index in [9.17, 15) is 4.79 Å². The molecule has 0 amide bonds. The van der Waals surface area contributed by atoms with Gasteiger partial charge in [0.05, 0.1) is 11.4 Å². The lowest BCUT2D eigenvalue weighted by Crippen LogP contribution is -2.29. The summed E-state index contributed by atoms with van der Waals surface area (Å²) in [5.41, 5.74) is 9.39. The second-order valence-electron chi connectivity index (χ2n) is 6.96. The Kier molecular flexibility index (Phi) is 5.02. The minimum atomic E-state index is -0.205. The molecule has 0 unspecified atom stereocenters. The molecule has 0 radical (unpaired) electrons. The number of benzene rings is 1. The maximum absolute atomic E-state index is 12.4. The minimum absolute atomic E-state index is 0.205. The van der Waals surface area contributed by atoms with Crippen LogP contribution >= 0.6 is 11.8 Å². The normalized spacial score (nSPS) is 17.9. The smallest absolute Gasteiger partial charge is 0.261 e. The molecule has 2 heterocycles. The van der Waals surface area contributed by atoms with Gasteiger partial charge in [-0.25, -0.2) is 4.99 Å². The maximum atomic E-state index is 12.4. The fourth-order valence-corrected chi connectivity index (χ4v) is 4.81. The molecule has 0 spiro atoms. The number of aromatic nitrogens is 1. The van der Waals surface area contributed by atoms with E-state index in [1.807, 2.05) is 23.9 Å². The predicted molar refractivity (Wildman–Crippen MR) is 109 cm³/mol. The van der Waals surface area contributed by atoms with Crippen molar-refractivity contribution in [2.24, 2.45) is 10.7 Å². The molecule has 1 fully saturated rings. The third-order valence-electron chi connectivity index (χ3n) is 5.10. The summed E-state index contributed by atoms with van der Waals surface area (Å²) >= 11 is 1.87. The average Bonchev–Trinajstić information content (AvgIpc) is 3.10. The summed E-state index contributed by atoms with van der Waals surface area (Å²) in [6, 6.07) is 8.42. The Morgan fingerprint density at radius 1 is 1.23 bits per heavy atom. The standard InChI is InChI=1S/C20H24N4OS/c21-19(24-15-6-7-17-13(12-15)9-11-26-17)18-16(8-10-22-20(18)25)23-14-4-2-1-3-5-14/h6-8,10,12,14H,1-5,9,11H2,(H2,21,24)(H2,22,23,25). The second-order valence-corrected chi connectivity index (χ2v) is 8.10. The number of pyridine rings is 1. The van der Waals surface area contributed by atoms with Crippen molar-refractivity contribution >= 4 is 29.0 Å². The van der Waals surface area contributed by atoms with Crippen molar-refractivity contribution in [3.05, 3.63) is 51.9 Å². The highest BCUT2D eigenvalue weighted by molar-refractivity contribution is 7.99. The van der Waals surface area contributed by atoms with Gasteiger partial charge in [-0.2, -0.15) is 0 Å². The molecule has 1 aliphatic heterocycles. The SMILES string of the molecule is NC(=Nc1ccc2c(c1)CCS2)c1c(NC2CCCCC2)cc[nH]c1=O. The summed E-state index contributed by atoms with van der Waals surface area (Å²) in [5, 5.41) is 3.51. The number of aryl methyl sites for hydroxylation is 1. The van der Waals surface area contributed by atoms with E-state index in [0.717, 1.165) is 36.4 Å². The molecule has 136 valence electrons. The molecule has 0 bridgehead atoms. The van der Waals surface area contributed by atoms with Crippen LogP contribution in [0.3, 0.4) is 0 Å². The number of H-pyrrole nitrogens is 1. The fraction of sp³-hybridized carbons (Fsp3) is 0.400. The van der Waals surface area contributed by atoms with Gasteiger partial charge in [-0.1, -0.05) is 19.3 Å². The first-order chi connectivity index (χ1) is 12.7. The van der Waals surface area contributed by atoms with Crippen molar-refractivity contribution in [2.45, 2.75) is 49.5 Å². The predicted octanol–water partition coefficient (Wildman–Crippen LogP) is 3.80. The zero-order valence-corrected chi connectivity index (χ0v) is 15.6. The van der Waals surface area contributed by atoms with Crippen LogP contribution in [0.1, 0.15) is 43.2 Å². The van der Waals surface area contributed by atoms with Crippen molar-refractivity contribution in [1.29, 1.82) is 0 Å². The maximum Gasteiger partial charge on any atom is 0.261 e. The molecule has 5 nitrogen and oxygen atoms in total. The summed E-state index contributed by atoms with van der Waals surface area (Å²) in [6.45, 7) is 0. The molecule has 0 atom stereocenters. The van der Waals surface area contributed by atoms with E-state index in [4.69, 9.17) is 5.73 Å². The van der Waals surface area contributed by atoms with Crippen molar-refractivity contribution in [2.75, 3.05) is 11.1 Å². The highest BCUT2D eigenvalue weighted by atomic mass is 32.2. The minimum Gasteiger partial charge on any atom is -0.383 e. The Labute approximate surface area is 157 Å². The van der Waals surface area contributed by atoms with Gasteiger partial charge in [-0.3, -0.25) is 4.79 Å². The van der Waals surface area contributed by atoms with Gasteiger partial charge < -0.3 is 16.0 Å². The molecule has 4 N–H and O–H groups in total. The second kappa shape index (κ2) is 7.58. The Hall–Kier alpha value is -2.21. The molecule has 1 aromatic heterocycles. The third-order valence-corrected chi connectivity index (χ3v) is 6.22. The highest BCUT2D eigenvalue weighted by Gasteiger charge is 2.18. The van der Waals surface area contributed by atoms with Gasteiger partial charge >= 0.3 is 0 Å². The van der Waals surface area contributed by atoms with Crippen molar-refractivity contribution in [3.8, 4) is 0 Å². The molecular formula is C20H24N4OS. The zero-order chi connectivity index (χ0) is 17.9. The van der Waals surface area contributed by atoms with E-state index in [-0.39, 0.29) is 11.4 Å². The number of hydrogen-bond acceptors (Lipinski definition) is 4. The highest BCUT2D eigenvalue weighted by Crippen LogP contribution is 2.33. The third kappa shape index (κ3) is 3.65. The number of aliphatic imine (C=N–C) groups is 1. The number of amidine groups is 1. The summed E-state index contributed by atoms with van der Waals surface area (Å²) in [6.07, 6.45) is 8.73. The molecule has 2 aromatic rings. The molecule has 1 aliphatic carbocycles. The van der Waals surface area contributed by atoms with E-state index in [1.165, 1.54) is 29.7 Å². The number of thioether (sulfide) groups is 1. The lowest BCUT2D eigenvalue weighted by Gasteiger charge is -2.24. The van der Waals surface area contributed by atoms with E-state index in [2.05, 4.69) is 27.4 Å². The van der Waals surface area contributed by atoms with Gasteiger partial charge in [0.25, 0.3) is 5.56 Å². The first-order valence-electron chi connectivity index (χ1n) is 9.29. The number of hydrogen-bond donors (Lipinski definition) is 3. The van der Waals surface area contributed by atoms with Crippen LogP contribution in [0.15, 0.2) is 45.1 Å². The first-order valence-corrected chi connectivity index (χ1v) is 10.3. The van der Waals surface area contributed by atoms with Crippen LogP contribution in [-0.4, -0.2) is 22.6 Å². The molecule has 4 rings (SSSR count). The number of nitrogens with one attached hydrogen (secondary N) is 2. The molecular weight excluding hydrogens is 344 g/mol. The van der Waals surface area contributed by atoms with Gasteiger partial charge in [0.2, 0.25) is 0 Å². The van der Waals surface area contributed by atoms with Crippen LogP contribution in [0.5, 0.6) is 0 Å². The number of nitrogens with two attached hydrogens (primary N) is 1.